The first kappa shape index (κ1) is 41.8. The second-order valence-electron chi connectivity index (χ2n) is 14.5. The van der Waals surface area contributed by atoms with Gasteiger partial charge in [-0.3, -0.25) is 19.4 Å². The number of carbonyl (C=O) groups is 4. The summed E-state index contributed by atoms with van der Waals surface area (Å²) in [4.78, 5) is 56.5. The number of carbonyl (C=O) groups excluding carboxylic acids is 4. The molecule has 0 saturated heterocycles. The zero-order valence-electron chi connectivity index (χ0n) is 32.2. The zero-order chi connectivity index (χ0) is 39.8. The van der Waals surface area contributed by atoms with E-state index in [1.165, 1.54) is 14.0 Å². The average Bonchev–Trinajstić information content (AvgIpc) is 3.10. The summed E-state index contributed by atoms with van der Waals surface area (Å²) in [6.45, 7) is 10.9. The summed E-state index contributed by atoms with van der Waals surface area (Å²) < 4.78 is 46.6. The number of Topliss-reactive ketones (excluding diaryl/α,β-unsaturated/α-hetero) is 1. The number of esters is 1. The molecule has 294 valence electrons. The van der Waals surface area contributed by atoms with Gasteiger partial charge in [-0.25, -0.2) is 17.9 Å². The first-order chi connectivity index (χ1) is 25.4. The lowest BCUT2D eigenvalue weighted by atomic mass is 9.88. The Kier molecular flexibility index (Phi) is 13.9. The van der Waals surface area contributed by atoms with Crippen LogP contribution >= 0.6 is 0 Å². The Morgan fingerprint density at radius 1 is 1.06 bits per heavy atom. The molecule has 2 aromatic carbocycles. The standard InChI is InChI=1S/C39H53N5O9S/c1-23-24(2)35(25(3)30-17-18-39(5,6)53-34(23)30)54(49,50)44-38(40)41-19-10-11-28-22-33(46)32(42-26(4)45)21-27-13-15-29(16-14-27)52-20-9-8-12-31(37(48)51-7)43-36(28)47/h8-9,13-16,28,31-32H,10-12,17-22H2,1-7H3,(H,42,45)(H,43,47)(H3,40,41,44)/b9-8-/t28-,31-,32+/m1/s1. The Bertz CT molecular complexity index is 1910. The number of ether oxygens (including phenoxy) is 3. The minimum atomic E-state index is -4.13. The highest BCUT2D eigenvalue weighted by Gasteiger charge is 2.34. The number of amides is 2. The van der Waals surface area contributed by atoms with Crippen molar-refractivity contribution < 1.29 is 41.8 Å². The molecule has 3 atom stereocenters. The summed E-state index contributed by atoms with van der Waals surface area (Å²) in [5.74, 6) is -1.93. The molecule has 2 bridgehead atoms. The van der Waals surface area contributed by atoms with Crippen LogP contribution in [0.1, 0.15) is 80.7 Å². The Balaban J connectivity index is 1.53. The number of methoxy groups -OCH3 is 1. The smallest absolute Gasteiger partial charge is 0.328 e. The van der Waals surface area contributed by atoms with Gasteiger partial charge in [-0.2, -0.15) is 0 Å². The molecule has 54 heavy (non-hydrogen) atoms. The third-order valence-corrected chi connectivity index (χ3v) is 11.4. The van der Waals surface area contributed by atoms with Crippen LogP contribution in [-0.2, 0) is 46.8 Å². The van der Waals surface area contributed by atoms with E-state index in [1.807, 2.05) is 20.8 Å². The highest BCUT2D eigenvalue weighted by atomic mass is 32.2. The first-order valence-corrected chi connectivity index (χ1v) is 19.6. The van der Waals surface area contributed by atoms with Gasteiger partial charge < -0.3 is 30.6 Å². The Hall–Kier alpha value is -4.92. The number of hydrogen-bond acceptors (Lipinski definition) is 10. The van der Waals surface area contributed by atoms with Crippen molar-refractivity contribution in [3.05, 3.63) is 64.2 Å². The van der Waals surface area contributed by atoms with Gasteiger partial charge in [-0.05, 0) is 113 Å². The fourth-order valence-corrected chi connectivity index (χ4v) is 8.28. The summed E-state index contributed by atoms with van der Waals surface area (Å²) in [6, 6.07) is 5.19. The zero-order valence-corrected chi connectivity index (χ0v) is 33.0. The van der Waals surface area contributed by atoms with E-state index in [4.69, 9.17) is 19.9 Å². The molecule has 0 fully saturated rings. The third-order valence-electron chi connectivity index (χ3n) is 9.80. The summed E-state index contributed by atoms with van der Waals surface area (Å²) in [5.41, 5.74) is 9.26. The van der Waals surface area contributed by atoms with Gasteiger partial charge in [0.05, 0.1) is 18.0 Å². The Labute approximate surface area is 317 Å². The normalized spacial score (nSPS) is 21.4. The molecule has 0 aliphatic carbocycles. The molecule has 14 nitrogen and oxygen atoms in total. The lowest BCUT2D eigenvalue weighted by Crippen LogP contribution is -2.46. The van der Waals surface area contributed by atoms with Crippen LogP contribution in [0.15, 0.2) is 46.3 Å². The number of hydrogen-bond donors (Lipinski definition) is 4. The number of nitrogens with two attached hydrogens (primary N) is 1. The number of nitrogens with one attached hydrogen (secondary N) is 3. The third kappa shape index (κ3) is 10.8. The van der Waals surface area contributed by atoms with Crippen LogP contribution in [0.25, 0.3) is 0 Å². The molecule has 5 N–H and O–H groups in total. The van der Waals surface area contributed by atoms with E-state index in [0.717, 1.165) is 28.9 Å². The number of ketones is 1. The first-order valence-electron chi connectivity index (χ1n) is 18.1. The molecule has 3 heterocycles. The minimum Gasteiger partial charge on any atom is -0.490 e. The molecular formula is C39H53N5O9S. The maximum absolute atomic E-state index is 13.7. The van der Waals surface area contributed by atoms with Crippen molar-refractivity contribution in [2.45, 2.75) is 109 Å². The molecule has 3 aliphatic heterocycles. The van der Waals surface area contributed by atoms with Gasteiger partial charge in [0.25, 0.3) is 10.0 Å². The van der Waals surface area contributed by atoms with Gasteiger partial charge in [0.15, 0.2) is 5.78 Å². The topological polar surface area (TPSA) is 205 Å². The Morgan fingerprint density at radius 2 is 1.76 bits per heavy atom. The van der Waals surface area contributed by atoms with E-state index in [-0.39, 0.29) is 67.5 Å². The molecule has 3 aliphatic rings. The second-order valence-corrected chi connectivity index (χ2v) is 16.1. The fourth-order valence-electron chi connectivity index (χ4n) is 6.76. The summed E-state index contributed by atoms with van der Waals surface area (Å²) in [7, 11) is -2.91. The van der Waals surface area contributed by atoms with Gasteiger partial charge in [-0.15, -0.1) is 0 Å². The van der Waals surface area contributed by atoms with Crippen molar-refractivity contribution >= 4 is 39.5 Å². The summed E-state index contributed by atoms with van der Waals surface area (Å²) >= 11 is 0. The maximum Gasteiger partial charge on any atom is 0.328 e. The average molecular weight is 768 g/mol. The molecule has 2 aromatic rings. The van der Waals surface area contributed by atoms with Crippen molar-refractivity contribution in [1.29, 1.82) is 0 Å². The lowest BCUT2D eigenvalue weighted by Gasteiger charge is -2.35. The molecule has 0 spiro atoms. The van der Waals surface area contributed by atoms with Gasteiger partial charge in [-0.1, -0.05) is 24.3 Å². The second kappa shape index (κ2) is 17.9. The number of nitrogens with zero attached hydrogens (tertiary/aromatic N) is 1. The lowest BCUT2D eigenvalue weighted by molar-refractivity contribution is -0.145. The Morgan fingerprint density at radius 3 is 2.43 bits per heavy atom. The predicted octanol–water partition coefficient (Wildman–Crippen LogP) is 3.41. The van der Waals surface area contributed by atoms with Crippen LogP contribution in [0.2, 0.25) is 0 Å². The predicted molar refractivity (Wildman–Crippen MR) is 204 cm³/mol. The van der Waals surface area contributed by atoms with Gasteiger partial charge in [0, 0.05) is 25.8 Å². The monoisotopic (exact) mass is 767 g/mol. The van der Waals surface area contributed by atoms with Crippen molar-refractivity contribution in [2.24, 2.45) is 16.6 Å². The quantitative estimate of drug-likeness (QED) is 0.101. The van der Waals surface area contributed by atoms with Crippen LogP contribution in [0.3, 0.4) is 0 Å². The van der Waals surface area contributed by atoms with Crippen LogP contribution in [0.4, 0.5) is 0 Å². The van der Waals surface area contributed by atoms with Crippen LogP contribution in [0.5, 0.6) is 11.5 Å². The molecule has 0 unspecified atom stereocenters. The highest BCUT2D eigenvalue weighted by Crippen LogP contribution is 2.42. The minimum absolute atomic E-state index is 0.0288. The molecular weight excluding hydrogens is 715 g/mol. The van der Waals surface area contributed by atoms with Crippen LogP contribution < -0.4 is 30.6 Å². The van der Waals surface area contributed by atoms with Crippen molar-refractivity contribution in [1.82, 2.24) is 15.4 Å². The molecule has 2 amide bonds. The maximum atomic E-state index is 13.7. The van der Waals surface area contributed by atoms with Crippen molar-refractivity contribution in [3.63, 3.8) is 0 Å². The summed E-state index contributed by atoms with van der Waals surface area (Å²) in [6.07, 6.45) is 5.26. The molecule has 15 heteroatoms. The van der Waals surface area contributed by atoms with Gasteiger partial charge >= 0.3 is 5.97 Å². The molecule has 0 radical (unpaired) electrons. The fraction of sp³-hybridized carbons (Fsp3) is 0.513. The largest absolute Gasteiger partial charge is 0.490 e. The number of rotatable bonds is 8. The van der Waals surface area contributed by atoms with Crippen molar-refractivity contribution in [2.75, 3.05) is 20.3 Å². The van der Waals surface area contributed by atoms with E-state index < -0.39 is 45.8 Å². The number of sulfonamides is 1. The van der Waals surface area contributed by atoms with E-state index in [9.17, 15) is 27.6 Å². The van der Waals surface area contributed by atoms with E-state index >= 15 is 0 Å². The SMILES string of the molecule is COC(=O)[C@H]1C/C=C\COc2ccc(cc2)C[C@H](NC(C)=O)C(=O)C[C@@H](CCCN=C(N)NS(=O)(=O)c2c(C)c(C)c3c(c2C)CCC(C)(C)O3)C(=O)N1. The number of guanidine groups is 1. The highest BCUT2D eigenvalue weighted by molar-refractivity contribution is 7.90. The van der Waals surface area contributed by atoms with Crippen LogP contribution in [-0.4, -0.2) is 75.9 Å². The van der Waals surface area contributed by atoms with Gasteiger partial charge in [0.1, 0.15) is 29.7 Å². The number of aliphatic imine (C=N–C) groups is 1. The van der Waals surface area contributed by atoms with E-state index in [2.05, 4.69) is 20.3 Å². The molecule has 0 saturated carbocycles. The van der Waals surface area contributed by atoms with Crippen LogP contribution in [0, 0.1) is 26.7 Å². The van der Waals surface area contributed by atoms with Crippen molar-refractivity contribution in [3.8, 4) is 11.5 Å². The summed E-state index contributed by atoms with van der Waals surface area (Å²) in [5, 5.41) is 5.42. The van der Waals surface area contributed by atoms with E-state index in [1.54, 1.807) is 50.3 Å². The van der Waals surface area contributed by atoms with E-state index in [0.29, 0.717) is 23.3 Å². The molecule has 0 aromatic heterocycles. The number of benzene rings is 2. The molecule has 5 rings (SSSR count). The number of fused-ring (bicyclic) bond motifs is 14. The van der Waals surface area contributed by atoms with Gasteiger partial charge in [0.2, 0.25) is 17.8 Å².